The van der Waals surface area contributed by atoms with Crippen molar-refractivity contribution >= 4 is 17.2 Å². The van der Waals surface area contributed by atoms with Crippen molar-refractivity contribution in [2.45, 2.75) is 19.8 Å². The molecule has 1 fully saturated rings. The zero-order chi connectivity index (χ0) is 24.1. The predicted octanol–water partition coefficient (Wildman–Crippen LogP) is 2.94. The van der Waals surface area contributed by atoms with Crippen molar-refractivity contribution in [1.29, 1.82) is 0 Å². The molecule has 0 atom stereocenters. The first kappa shape index (κ1) is 26.4. The van der Waals surface area contributed by atoms with E-state index in [1.54, 1.807) is 19.2 Å². The summed E-state index contributed by atoms with van der Waals surface area (Å²) in [5.41, 5.74) is 0.894. The number of aliphatic carboxylic acids is 1. The van der Waals surface area contributed by atoms with E-state index in [2.05, 4.69) is 46.2 Å². The molecule has 0 amide bonds. The van der Waals surface area contributed by atoms with Crippen LogP contribution in [-0.2, 0) is 4.79 Å². The van der Waals surface area contributed by atoms with Crippen molar-refractivity contribution in [3.8, 4) is 0 Å². The molecule has 0 spiro atoms. The lowest BCUT2D eigenvalue weighted by molar-refractivity contribution is -0.130. The molecule has 2 rings (SSSR count). The number of carboxylic acid groups (broad SMARTS) is 1. The lowest BCUT2D eigenvalue weighted by atomic mass is 10.1. The lowest BCUT2D eigenvalue weighted by Gasteiger charge is -2.36. The standard InChI is InChI=1S/C25H38FN5O2/c1-4-6-7-11-29(5-2)12-8-13-30-14-16-31(17-15-30)24-10-9-21(18-23(24)26)22(25(32)33)19-28-20-27-3/h4,7,9-11,18-19,27-28H,1,5-6,8,12-17,20H2,2-3H3,(H,32,33)/b11-7-,22-19-. The number of nitrogens with zero attached hydrogens (tertiary/aromatic N) is 3. The van der Waals surface area contributed by atoms with Crippen LogP contribution in [0.25, 0.3) is 5.57 Å². The topological polar surface area (TPSA) is 71.1 Å². The molecule has 0 aromatic heterocycles. The van der Waals surface area contributed by atoms with Crippen LogP contribution in [0.1, 0.15) is 25.3 Å². The first-order valence-corrected chi connectivity index (χ1v) is 11.6. The van der Waals surface area contributed by atoms with Gasteiger partial charge >= 0.3 is 5.97 Å². The van der Waals surface area contributed by atoms with Gasteiger partial charge in [0.1, 0.15) is 5.82 Å². The average molecular weight is 460 g/mol. The van der Waals surface area contributed by atoms with Gasteiger partial charge in [0, 0.05) is 45.5 Å². The van der Waals surface area contributed by atoms with Crippen molar-refractivity contribution in [1.82, 2.24) is 20.4 Å². The molecule has 1 heterocycles. The normalized spacial score (nSPS) is 15.1. The average Bonchev–Trinajstić information content (AvgIpc) is 2.81. The predicted molar refractivity (Wildman–Crippen MR) is 134 cm³/mol. The summed E-state index contributed by atoms with van der Waals surface area (Å²) in [5.74, 6) is -1.50. The van der Waals surface area contributed by atoms with Crippen LogP contribution < -0.4 is 15.5 Å². The van der Waals surface area contributed by atoms with Gasteiger partial charge in [-0.2, -0.15) is 0 Å². The molecule has 182 valence electrons. The van der Waals surface area contributed by atoms with E-state index >= 15 is 0 Å². The summed E-state index contributed by atoms with van der Waals surface area (Å²) in [6.07, 6.45) is 9.53. The number of nitrogens with one attached hydrogen (secondary N) is 2. The zero-order valence-corrected chi connectivity index (χ0v) is 19.9. The number of carbonyl (C=O) groups is 1. The summed E-state index contributed by atoms with van der Waals surface area (Å²) < 4.78 is 14.9. The Morgan fingerprint density at radius 3 is 2.67 bits per heavy atom. The molecule has 0 radical (unpaired) electrons. The first-order valence-electron chi connectivity index (χ1n) is 11.6. The Morgan fingerprint density at radius 1 is 1.30 bits per heavy atom. The van der Waals surface area contributed by atoms with Gasteiger partial charge in [-0.05, 0) is 57.3 Å². The number of allylic oxidation sites excluding steroid dienone is 2. The second kappa shape index (κ2) is 14.3. The van der Waals surface area contributed by atoms with Crippen molar-refractivity contribution in [2.75, 3.05) is 64.4 Å². The van der Waals surface area contributed by atoms with Crippen LogP contribution in [0.2, 0.25) is 0 Å². The SMILES string of the molecule is C=CC/C=C\N(CC)CCCN1CCN(c2ccc(/C(=C/NCNC)C(=O)O)cc2F)CC1. The lowest BCUT2D eigenvalue weighted by Crippen LogP contribution is -2.47. The summed E-state index contributed by atoms with van der Waals surface area (Å²) in [6.45, 7) is 12.6. The largest absolute Gasteiger partial charge is 0.478 e. The molecular formula is C25H38FN5O2. The van der Waals surface area contributed by atoms with Crippen LogP contribution in [0.4, 0.5) is 10.1 Å². The highest BCUT2D eigenvalue weighted by Crippen LogP contribution is 2.25. The highest BCUT2D eigenvalue weighted by molar-refractivity contribution is 6.15. The van der Waals surface area contributed by atoms with Crippen LogP contribution in [0.3, 0.4) is 0 Å². The Kier molecular flexibility index (Phi) is 11.5. The molecule has 8 heteroatoms. The Labute approximate surface area is 197 Å². The molecule has 3 N–H and O–H groups in total. The molecule has 0 aliphatic carbocycles. The number of halogens is 1. The summed E-state index contributed by atoms with van der Waals surface area (Å²) in [5, 5.41) is 15.2. The van der Waals surface area contributed by atoms with E-state index in [1.807, 2.05) is 11.0 Å². The minimum atomic E-state index is -1.10. The molecular weight excluding hydrogens is 421 g/mol. The highest BCUT2D eigenvalue weighted by atomic mass is 19.1. The third kappa shape index (κ3) is 8.55. The third-order valence-corrected chi connectivity index (χ3v) is 5.67. The van der Waals surface area contributed by atoms with Crippen molar-refractivity contribution in [3.05, 3.63) is 60.7 Å². The number of anilines is 1. The Bertz CT molecular complexity index is 819. The van der Waals surface area contributed by atoms with E-state index < -0.39 is 11.8 Å². The van der Waals surface area contributed by atoms with Crippen LogP contribution in [0, 0.1) is 5.82 Å². The molecule has 7 nitrogen and oxygen atoms in total. The maximum atomic E-state index is 14.9. The van der Waals surface area contributed by atoms with E-state index in [-0.39, 0.29) is 5.57 Å². The highest BCUT2D eigenvalue weighted by Gasteiger charge is 2.21. The molecule has 1 aromatic rings. The van der Waals surface area contributed by atoms with E-state index in [1.165, 1.54) is 12.3 Å². The van der Waals surface area contributed by atoms with Crippen molar-refractivity contribution < 1.29 is 14.3 Å². The number of piperazine rings is 1. The van der Waals surface area contributed by atoms with Gasteiger partial charge in [-0.1, -0.05) is 18.2 Å². The first-order chi connectivity index (χ1) is 16.0. The number of benzene rings is 1. The summed E-state index contributed by atoms with van der Waals surface area (Å²) in [4.78, 5) is 18.3. The minimum Gasteiger partial charge on any atom is -0.478 e. The van der Waals surface area contributed by atoms with Gasteiger partial charge in [-0.25, -0.2) is 9.18 Å². The maximum absolute atomic E-state index is 14.9. The van der Waals surface area contributed by atoms with Gasteiger partial charge in [0.2, 0.25) is 0 Å². The molecule has 1 aromatic carbocycles. The molecule has 1 aliphatic rings. The van der Waals surface area contributed by atoms with Gasteiger partial charge in [0.05, 0.1) is 17.9 Å². The Balaban J connectivity index is 1.88. The number of hydrogen-bond donors (Lipinski definition) is 3. The molecule has 33 heavy (non-hydrogen) atoms. The maximum Gasteiger partial charge on any atom is 0.337 e. The minimum absolute atomic E-state index is 0.0287. The fraction of sp³-hybridized carbons (Fsp3) is 0.480. The van der Waals surface area contributed by atoms with Gasteiger partial charge < -0.3 is 25.5 Å². The van der Waals surface area contributed by atoms with E-state index in [0.29, 0.717) is 17.9 Å². The number of carboxylic acids is 1. The van der Waals surface area contributed by atoms with E-state index in [0.717, 1.165) is 58.7 Å². The monoisotopic (exact) mass is 459 g/mol. The molecule has 0 unspecified atom stereocenters. The second-order valence-corrected chi connectivity index (χ2v) is 7.98. The van der Waals surface area contributed by atoms with Gasteiger partial charge in [0.25, 0.3) is 0 Å². The van der Waals surface area contributed by atoms with E-state index in [9.17, 15) is 14.3 Å². The number of hydrogen-bond acceptors (Lipinski definition) is 6. The second-order valence-electron chi connectivity index (χ2n) is 7.98. The molecule has 1 aliphatic heterocycles. The Morgan fingerprint density at radius 2 is 2.06 bits per heavy atom. The summed E-state index contributed by atoms with van der Waals surface area (Å²) >= 11 is 0. The quantitative estimate of drug-likeness (QED) is 0.171. The van der Waals surface area contributed by atoms with Crippen molar-refractivity contribution in [2.24, 2.45) is 0 Å². The van der Waals surface area contributed by atoms with Crippen LogP contribution >= 0.6 is 0 Å². The Hall–Kier alpha value is -2.84. The zero-order valence-electron chi connectivity index (χ0n) is 19.9. The van der Waals surface area contributed by atoms with Crippen LogP contribution in [0.5, 0.6) is 0 Å². The van der Waals surface area contributed by atoms with Gasteiger partial charge in [-0.3, -0.25) is 4.90 Å². The van der Waals surface area contributed by atoms with Crippen LogP contribution in [0.15, 0.2) is 49.3 Å². The van der Waals surface area contributed by atoms with Gasteiger partial charge in [-0.15, -0.1) is 6.58 Å². The fourth-order valence-corrected chi connectivity index (χ4v) is 3.81. The van der Waals surface area contributed by atoms with Crippen LogP contribution in [-0.4, -0.2) is 80.4 Å². The summed E-state index contributed by atoms with van der Waals surface area (Å²) in [6, 6.07) is 4.66. The van der Waals surface area contributed by atoms with Gasteiger partial charge in [0.15, 0.2) is 0 Å². The fourth-order valence-electron chi connectivity index (χ4n) is 3.81. The summed E-state index contributed by atoms with van der Waals surface area (Å²) in [7, 11) is 1.75. The third-order valence-electron chi connectivity index (χ3n) is 5.67. The smallest absolute Gasteiger partial charge is 0.337 e. The molecule has 0 saturated carbocycles. The van der Waals surface area contributed by atoms with Crippen molar-refractivity contribution in [3.63, 3.8) is 0 Å². The molecule has 1 saturated heterocycles. The van der Waals surface area contributed by atoms with E-state index in [4.69, 9.17) is 0 Å². The molecule has 0 bridgehead atoms. The number of rotatable bonds is 14.